The number of carbonyl (C=O) groups is 3. The minimum absolute atomic E-state index is 0.122. The molecule has 3 aromatic carbocycles. The van der Waals surface area contributed by atoms with Crippen LogP contribution >= 0.6 is 12.2 Å². The molecule has 0 radical (unpaired) electrons. The van der Waals surface area contributed by atoms with Gasteiger partial charge in [0.1, 0.15) is 17.6 Å². The monoisotopic (exact) mass is 492 g/mol. The smallest absolute Gasteiger partial charge is 0.269 e. The van der Waals surface area contributed by atoms with Crippen molar-refractivity contribution in [3.63, 3.8) is 0 Å². The van der Waals surface area contributed by atoms with Gasteiger partial charge in [-0.15, -0.1) is 0 Å². The third kappa shape index (κ3) is 5.28. The molecule has 0 aliphatic carbocycles. The summed E-state index contributed by atoms with van der Waals surface area (Å²) in [7, 11) is 1.50. The Bertz CT molecular complexity index is 1270. The van der Waals surface area contributed by atoms with Crippen molar-refractivity contribution in [2.24, 2.45) is 0 Å². The van der Waals surface area contributed by atoms with Gasteiger partial charge in [0, 0.05) is 17.3 Å². The lowest BCUT2D eigenvalue weighted by Crippen LogP contribution is -2.65. The van der Waals surface area contributed by atoms with E-state index in [0.717, 1.165) is 4.90 Å². The molecule has 1 aliphatic rings. The third-order valence-electron chi connectivity index (χ3n) is 5.31. The Morgan fingerprint density at radius 1 is 1.03 bits per heavy atom. The van der Waals surface area contributed by atoms with E-state index in [1.165, 1.54) is 36.4 Å². The molecule has 3 amide bonds. The van der Waals surface area contributed by atoms with Crippen LogP contribution in [0.25, 0.3) is 0 Å². The van der Waals surface area contributed by atoms with Crippen molar-refractivity contribution in [3.8, 4) is 5.75 Å². The van der Waals surface area contributed by atoms with E-state index in [2.05, 4.69) is 10.7 Å². The van der Waals surface area contributed by atoms with Crippen LogP contribution in [0.1, 0.15) is 16.8 Å². The van der Waals surface area contributed by atoms with Crippen LogP contribution in [-0.2, 0) is 9.59 Å². The van der Waals surface area contributed by atoms with Crippen LogP contribution in [0.5, 0.6) is 5.75 Å². The van der Waals surface area contributed by atoms with Crippen molar-refractivity contribution < 1.29 is 23.5 Å². The summed E-state index contributed by atoms with van der Waals surface area (Å²) in [5.41, 5.74) is 3.76. The van der Waals surface area contributed by atoms with Gasteiger partial charge < -0.3 is 10.1 Å². The summed E-state index contributed by atoms with van der Waals surface area (Å²) < 4.78 is 18.6. The largest absolute Gasteiger partial charge is 0.497 e. The van der Waals surface area contributed by atoms with Crippen molar-refractivity contribution in [2.45, 2.75) is 12.5 Å². The topological polar surface area (TPSA) is 91.0 Å². The summed E-state index contributed by atoms with van der Waals surface area (Å²) >= 11 is 5.53. The minimum atomic E-state index is -1.13. The Morgan fingerprint density at radius 3 is 2.43 bits per heavy atom. The van der Waals surface area contributed by atoms with E-state index < -0.39 is 29.6 Å². The Kier molecular flexibility index (Phi) is 7.02. The first-order valence-corrected chi connectivity index (χ1v) is 11.0. The van der Waals surface area contributed by atoms with Gasteiger partial charge in [0.05, 0.1) is 19.2 Å². The van der Waals surface area contributed by atoms with E-state index in [1.807, 2.05) is 0 Å². The lowest BCUT2D eigenvalue weighted by molar-refractivity contribution is -0.127. The van der Waals surface area contributed by atoms with Crippen LogP contribution < -0.4 is 20.4 Å². The Balaban J connectivity index is 1.64. The van der Waals surface area contributed by atoms with Crippen LogP contribution in [0, 0.1) is 5.82 Å². The fraction of sp³-hybridized carbons (Fsp3) is 0.120. The number of nitrogens with one attached hydrogen (secondary N) is 2. The number of methoxy groups -OCH3 is 1. The van der Waals surface area contributed by atoms with E-state index in [-0.39, 0.29) is 11.5 Å². The van der Waals surface area contributed by atoms with E-state index in [9.17, 15) is 18.8 Å². The predicted octanol–water partition coefficient (Wildman–Crippen LogP) is 3.51. The van der Waals surface area contributed by atoms with E-state index in [4.69, 9.17) is 17.0 Å². The molecule has 2 N–H and O–H groups in total. The quantitative estimate of drug-likeness (QED) is 0.512. The first-order valence-electron chi connectivity index (χ1n) is 10.6. The normalized spacial score (nSPS) is 15.5. The number of amides is 3. The summed E-state index contributed by atoms with van der Waals surface area (Å²) in [4.78, 5) is 40.4. The summed E-state index contributed by atoms with van der Waals surface area (Å²) in [6, 6.07) is 19.1. The zero-order valence-corrected chi connectivity index (χ0v) is 19.4. The zero-order valence-electron chi connectivity index (χ0n) is 18.6. The summed E-state index contributed by atoms with van der Waals surface area (Å²) in [6.45, 7) is 0. The van der Waals surface area contributed by atoms with Crippen LogP contribution in [0.2, 0.25) is 0 Å². The molecule has 1 aliphatic heterocycles. The van der Waals surface area contributed by atoms with Crippen LogP contribution in [0.4, 0.5) is 15.8 Å². The van der Waals surface area contributed by atoms with Crippen molar-refractivity contribution in [1.82, 2.24) is 10.4 Å². The molecule has 0 aromatic heterocycles. The SMILES string of the molecule is COc1cccc(NC(=O)[C@H]2CC(=O)N(c3ccc(F)cc3)C(=S)N2NC(=O)c2ccccc2)c1. The molecule has 178 valence electrons. The molecule has 1 fully saturated rings. The highest BCUT2D eigenvalue weighted by atomic mass is 32.1. The summed E-state index contributed by atoms with van der Waals surface area (Å²) in [6.07, 6.45) is -0.289. The fourth-order valence-corrected chi connectivity index (χ4v) is 3.95. The molecule has 0 bridgehead atoms. The second kappa shape index (κ2) is 10.3. The maximum Gasteiger partial charge on any atom is 0.269 e. The predicted molar refractivity (Wildman–Crippen MR) is 132 cm³/mol. The van der Waals surface area contributed by atoms with Gasteiger partial charge in [-0.1, -0.05) is 24.3 Å². The molecule has 0 spiro atoms. The number of hydrogen-bond donors (Lipinski definition) is 2. The van der Waals surface area contributed by atoms with Crippen LogP contribution in [0.15, 0.2) is 78.9 Å². The summed E-state index contributed by atoms with van der Waals surface area (Å²) in [5.74, 6) is -1.48. The van der Waals surface area contributed by atoms with Crippen LogP contribution in [0.3, 0.4) is 0 Å². The molecule has 0 unspecified atom stereocenters. The van der Waals surface area contributed by atoms with Crippen molar-refractivity contribution in [2.75, 3.05) is 17.3 Å². The Hall–Kier alpha value is -4.31. The second-order valence-corrected chi connectivity index (χ2v) is 7.97. The Morgan fingerprint density at radius 2 is 1.74 bits per heavy atom. The highest BCUT2D eigenvalue weighted by Crippen LogP contribution is 2.26. The number of halogens is 1. The highest BCUT2D eigenvalue weighted by molar-refractivity contribution is 7.80. The maximum absolute atomic E-state index is 13.4. The molecular weight excluding hydrogens is 471 g/mol. The highest BCUT2D eigenvalue weighted by Gasteiger charge is 2.42. The fourth-order valence-electron chi connectivity index (χ4n) is 3.57. The van der Waals surface area contributed by atoms with E-state index in [1.54, 1.807) is 54.6 Å². The van der Waals surface area contributed by atoms with Gasteiger partial charge in [0.2, 0.25) is 16.9 Å². The molecule has 0 saturated carbocycles. The lowest BCUT2D eigenvalue weighted by atomic mass is 10.1. The lowest BCUT2D eigenvalue weighted by Gasteiger charge is -2.41. The van der Waals surface area contributed by atoms with Crippen molar-refractivity contribution in [3.05, 3.63) is 90.2 Å². The Labute approximate surface area is 206 Å². The van der Waals surface area contributed by atoms with Gasteiger partial charge in [-0.25, -0.2) is 9.40 Å². The van der Waals surface area contributed by atoms with Gasteiger partial charge >= 0.3 is 0 Å². The molecule has 1 saturated heterocycles. The first-order chi connectivity index (χ1) is 16.9. The summed E-state index contributed by atoms with van der Waals surface area (Å²) in [5, 5.41) is 3.80. The molecule has 3 aromatic rings. The number of thiocarbonyl (C=S) groups is 1. The molecule has 1 heterocycles. The first kappa shape index (κ1) is 23.8. The molecule has 1 atom stereocenters. The van der Waals surface area contributed by atoms with Gasteiger partial charge in [0.25, 0.3) is 5.91 Å². The van der Waals surface area contributed by atoms with Gasteiger partial charge in [-0.05, 0) is 60.7 Å². The molecule has 10 heteroatoms. The number of rotatable bonds is 6. The van der Waals surface area contributed by atoms with Gasteiger partial charge in [0.15, 0.2) is 0 Å². The number of hydrogen-bond acceptors (Lipinski definition) is 5. The van der Waals surface area contributed by atoms with Gasteiger partial charge in [-0.3, -0.25) is 24.7 Å². The molecular formula is C25H21FN4O4S. The number of nitrogens with zero attached hydrogens (tertiary/aromatic N) is 2. The molecule has 8 nitrogen and oxygen atoms in total. The van der Waals surface area contributed by atoms with Crippen molar-refractivity contribution >= 4 is 46.4 Å². The minimum Gasteiger partial charge on any atom is -0.497 e. The second-order valence-electron chi connectivity index (χ2n) is 7.61. The number of carbonyl (C=O) groups excluding carboxylic acids is 3. The number of ether oxygens (including phenoxy) is 1. The molecule has 35 heavy (non-hydrogen) atoms. The van der Waals surface area contributed by atoms with Gasteiger partial charge in [-0.2, -0.15) is 0 Å². The number of benzene rings is 3. The number of anilines is 2. The standard InChI is InChI=1S/C25H21FN4O4S/c1-34-20-9-5-8-18(14-20)27-24(33)21-15-22(31)29(19-12-10-17(26)11-13-19)25(35)30(21)28-23(32)16-6-3-2-4-7-16/h2-14,21H,15H2,1H3,(H,27,33)(H,28,32)/t21-/m1/s1. The maximum atomic E-state index is 13.4. The van der Waals surface area contributed by atoms with E-state index >= 15 is 0 Å². The zero-order chi connectivity index (χ0) is 24.9. The van der Waals surface area contributed by atoms with Crippen molar-refractivity contribution in [1.29, 1.82) is 0 Å². The molecule has 4 rings (SSSR count). The average molecular weight is 493 g/mol. The average Bonchev–Trinajstić information content (AvgIpc) is 2.87. The van der Waals surface area contributed by atoms with E-state index in [0.29, 0.717) is 22.7 Å². The third-order valence-corrected chi connectivity index (χ3v) is 5.69. The number of hydrazine groups is 1. The van der Waals surface area contributed by atoms with Crippen LogP contribution in [-0.4, -0.2) is 41.0 Å².